The summed E-state index contributed by atoms with van der Waals surface area (Å²) in [6.07, 6.45) is 1.74. The molecule has 3 aromatic rings. The number of nitrogens with zero attached hydrogens (tertiary/aromatic N) is 2. The van der Waals surface area contributed by atoms with Crippen molar-refractivity contribution in [3.63, 3.8) is 0 Å². The van der Waals surface area contributed by atoms with E-state index in [1.807, 2.05) is 30.3 Å². The highest BCUT2D eigenvalue weighted by molar-refractivity contribution is 7.22. The summed E-state index contributed by atoms with van der Waals surface area (Å²) in [4.78, 5) is 8.64. The molecular formula is C15H15N3O2S. The summed E-state index contributed by atoms with van der Waals surface area (Å²) in [5.41, 5.74) is 2.06. The van der Waals surface area contributed by atoms with E-state index in [4.69, 9.17) is 9.47 Å². The first-order valence-electron chi connectivity index (χ1n) is 6.46. The highest BCUT2D eigenvalue weighted by Crippen LogP contribution is 2.29. The molecule has 1 aromatic carbocycles. The minimum Gasteiger partial charge on any atom is -0.497 e. The molecule has 0 aliphatic heterocycles. The Morgan fingerprint density at radius 1 is 1.14 bits per heavy atom. The van der Waals surface area contributed by atoms with Crippen LogP contribution >= 0.6 is 11.3 Å². The summed E-state index contributed by atoms with van der Waals surface area (Å²) in [5.74, 6) is 1.46. The van der Waals surface area contributed by atoms with Gasteiger partial charge in [0, 0.05) is 18.8 Å². The number of fused-ring (bicyclic) bond motifs is 1. The van der Waals surface area contributed by atoms with Gasteiger partial charge in [-0.25, -0.2) is 9.97 Å². The molecule has 2 aromatic heterocycles. The van der Waals surface area contributed by atoms with Crippen molar-refractivity contribution in [2.24, 2.45) is 0 Å². The quantitative estimate of drug-likeness (QED) is 0.783. The number of ether oxygens (including phenoxy) is 2. The number of nitrogens with one attached hydrogen (secondary N) is 1. The maximum Gasteiger partial charge on any atom is 0.213 e. The van der Waals surface area contributed by atoms with Gasteiger partial charge in [-0.05, 0) is 29.8 Å². The van der Waals surface area contributed by atoms with E-state index < -0.39 is 0 Å². The summed E-state index contributed by atoms with van der Waals surface area (Å²) >= 11 is 1.61. The van der Waals surface area contributed by atoms with Crippen molar-refractivity contribution in [1.29, 1.82) is 0 Å². The van der Waals surface area contributed by atoms with Gasteiger partial charge < -0.3 is 14.8 Å². The highest BCUT2D eigenvalue weighted by Gasteiger charge is 2.05. The molecule has 0 atom stereocenters. The minimum absolute atomic E-state index is 0.614. The lowest BCUT2D eigenvalue weighted by molar-refractivity contribution is 0.397. The van der Waals surface area contributed by atoms with Crippen molar-refractivity contribution in [1.82, 2.24) is 9.97 Å². The van der Waals surface area contributed by atoms with Crippen molar-refractivity contribution in [3.05, 3.63) is 42.1 Å². The smallest absolute Gasteiger partial charge is 0.213 e. The van der Waals surface area contributed by atoms with Crippen LogP contribution in [0.15, 0.2) is 36.5 Å². The maximum absolute atomic E-state index is 5.22. The van der Waals surface area contributed by atoms with Crippen LogP contribution in [0.4, 0.5) is 5.13 Å². The Morgan fingerprint density at radius 3 is 2.86 bits per heavy atom. The number of anilines is 1. The van der Waals surface area contributed by atoms with Gasteiger partial charge in [0.2, 0.25) is 5.88 Å². The average Bonchev–Trinajstić information content (AvgIpc) is 2.95. The van der Waals surface area contributed by atoms with Gasteiger partial charge in [0.1, 0.15) is 5.75 Å². The zero-order valence-corrected chi connectivity index (χ0v) is 12.6. The van der Waals surface area contributed by atoms with Crippen LogP contribution in [0.2, 0.25) is 0 Å². The Kier molecular flexibility index (Phi) is 3.87. The lowest BCUT2D eigenvalue weighted by atomic mass is 10.3. The van der Waals surface area contributed by atoms with Crippen LogP contribution in [0.3, 0.4) is 0 Å². The molecule has 0 amide bonds. The molecule has 0 spiro atoms. The molecule has 5 nitrogen and oxygen atoms in total. The van der Waals surface area contributed by atoms with E-state index in [0.717, 1.165) is 26.7 Å². The third-order valence-electron chi connectivity index (χ3n) is 3.05. The molecule has 0 aliphatic carbocycles. The maximum atomic E-state index is 5.22. The third-order valence-corrected chi connectivity index (χ3v) is 4.02. The topological polar surface area (TPSA) is 56.3 Å². The number of aromatic nitrogens is 2. The Hall–Kier alpha value is -2.34. The molecule has 1 N–H and O–H groups in total. The first kappa shape index (κ1) is 13.6. The van der Waals surface area contributed by atoms with Crippen LogP contribution in [0, 0.1) is 0 Å². The second-order valence-corrected chi connectivity index (χ2v) is 5.44. The van der Waals surface area contributed by atoms with E-state index in [9.17, 15) is 0 Å². The SMILES string of the molecule is COc1ccc2nc(NCc3ccnc(OC)c3)sc2c1. The van der Waals surface area contributed by atoms with E-state index in [1.54, 1.807) is 31.8 Å². The van der Waals surface area contributed by atoms with Crippen LogP contribution in [-0.2, 0) is 6.54 Å². The zero-order valence-electron chi connectivity index (χ0n) is 11.8. The lowest BCUT2D eigenvalue weighted by Crippen LogP contribution is -1.99. The molecule has 0 saturated carbocycles. The van der Waals surface area contributed by atoms with Gasteiger partial charge in [0.25, 0.3) is 0 Å². The monoisotopic (exact) mass is 301 g/mol. The second kappa shape index (κ2) is 5.97. The summed E-state index contributed by atoms with van der Waals surface area (Å²) < 4.78 is 11.4. The molecule has 21 heavy (non-hydrogen) atoms. The van der Waals surface area contributed by atoms with E-state index in [1.165, 1.54) is 0 Å². The standard InChI is InChI=1S/C15H15N3O2S/c1-19-11-3-4-12-13(8-11)21-15(18-12)17-9-10-5-6-16-14(7-10)20-2/h3-8H,9H2,1-2H3,(H,17,18). The van der Waals surface area contributed by atoms with Crippen molar-refractivity contribution in [2.75, 3.05) is 19.5 Å². The second-order valence-electron chi connectivity index (χ2n) is 4.41. The third kappa shape index (κ3) is 3.05. The fraction of sp³-hybridized carbons (Fsp3) is 0.200. The Balaban J connectivity index is 1.75. The molecule has 0 saturated heterocycles. The van der Waals surface area contributed by atoms with Crippen molar-refractivity contribution in [2.45, 2.75) is 6.54 Å². The number of hydrogen-bond acceptors (Lipinski definition) is 6. The van der Waals surface area contributed by atoms with Crippen molar-refractivity contribution in [3.8, 4) is 11.6 Å². The molecule has 0 aliphatic rings. The number of hydrogen-bond donors (Lipinski definition) is 1. The van der Waals surface area contributed by atoms with Gasteiger partial charge in [-0.1, -0.05) is 11.3 Å². The molecule has 0 unspecified atom stereocenters. The van der Waals surface area contributed by atoms with Crippen molar-refractivity contribution < 1.29 is 9.47 Å². The predicted octanol–water partition coefficient (Wildman–Crippen LogP) is 3.32. The molecule has 0 fully saturated rings. The van der Waals surface area contributed by atoms with E-state index in [0.29, 0.717) is 12.4 Å². The number of rotatable bonds is 5. The van der Waals surface area contributed by atoms with Gasteiger partial charge in [-0.3, -0.25) is 0 Å². The van der Waals surface area contributed by atoms with E-state index >= 15 is 0 Å². The van der Waals surface area contributed by atoms with Crippen LogP contribution in [0.5, 0.6) is 11.6 Å². The fourth-order valence-corrected chi connectivity index (χ4v) is 2.85. The van der Waals surface area contributed by atoms with Gasteiger partial charge in [0.15, 0.2) is 5.13 Å². The molecule has 2 heterocycles. The normalized spacial score (nSPS) is 10.6. The molecule has 108 valence electrons. The molecule has 0 radical (unpaired) electrons. The summed E-state index contributed by atoms with van der Waals surface area (Å²) in [6, 6.07) is 9.73. The number of benzene rings is 1. The average molecular weight is 301 g/mol. The molecule has 6 heteroatoms. The van der Waals surface area contributed by atoms with Gasteiger partial charge in [-0.15, -0.1) is 0 Å². The summed E-state index contributed by atoms with van der Waals surface area (Å²) in [7, 11) is 3.28. The minimum atomic E-state index is 0.614. The summed E-state index contributed by atoms with van der Waals surface area (Å²) in [5, 5.41) is 4.21. The molecular weight excluding hydrogens is 286 g/mol. The van der Waals surface area contributed by atoms with Crippen LogP contribution in [0.1, 0.15) is 5.56 Å². The van der Waals surface area contributed by atoms with Gasteiger partial charge in [0.05, 0.1) is 24.4 Å². The number of thiazole rings is 1. The van der Waals surface area contributed by atoms with E-state index in [2.05, 4.69) is 15.3 Å². The first-order chi connectivity index (χ1) is 10.3. The largest absolute Gasteiger partial charge is 0.497 e. The van der Waals surface area contributed by atoms with Gasteiger partial charge >= 0.3 is 0 Å². The van der Waals surface area contributed by atoms with Gasteiger partial charge in [-0.2, -0.15) is 0 Å². The van der Waals surface area contributed by atoms with Crippen LogP contribution in [-0.4, -0.2) is 24.2 Å². The predicted molar refractivity (Wildman–Crippen MR) is 84.3 cm³/mol. The first-order valence-corrected chi connectivity index (χ1v) is 7.27. The van der Waals surface area contributed by atoms with Crippen LogP contribution in [0.25, 0.3) is 10.2 Å². The summed E-state index contributed by atoms with van der Waals surface area (Å²) in [6.45, 7) is 0.676. The number of methoxy groups -OCH3 is 2. The zero-order chi connectivity index (χ0) is 14.7. The van der Waals surface area contributed by atoms with Crippen LogP contribution < -0.4 is 14.8 Å². The van der Waals surface area contributed by atoms with E-state index in [-0.39, 0.29) is 0 Å². The lowest BCUT2D eigenvalue weighted by Gasteiger charge is -2.04. The van der Waals surface area contributed by atoms with Crippen molar-refractivity contribution >= 4 is 26.7 Å². The Morgan fingerprint density at radius 2 is 2.05 bits per heavy atom. The fourth-order valence-electron chi connectivity index (χ4n) is 1.96. The Bertz CT molecular complexity index is 758. The number of pyridine rings is 1. The molecule has 0 bridgehead atoms. The molecule has 3 rings (SSSR count). The Labute approximate surface area is 126 Å². The highest BCUT2D eigenvalue weighted by atomic mass is 32.1.